The Bertz CT molecular complexity index is 576. The van der Waals surface area contributed by atoms with Crippen molar-refractivity contribution >= 4 is 11.8 Å². The fraction of sp³-hybridized carbons (Fsp3) is 0.579. The molecular formula is C19H26N2O2. The first-order chi connectivity index (χ1) is 11.1. The van der Waals surface area contributed by atoms with Crippen molar-refractivity contribution in [3.8, 4) is 0 Å². The van der Waals surface area contributed by atoms with E-state index in [9.17, 15) is 9.59 Å². The maximum absolute atomic E-state index is 12.5. The summed E-state index contributed by atoms with van der Waals surface area (Å²) in [6.07, 6.45) is 5.54. The SMILES string of the molecule is Cc1cccc(CN(C(=O)CCCNC(=O)C2CC2)C2CC2)c1. The van der Waals surface area contributed by atoms with Crippen LogP contribution in [0.4, 0.5) is 0 Å². The number of hydrogen-bond acceptors (Lipinski definition) is 2. The maximum atomic E-state index is 12.5. The largest absolute Gasteiger partial charge is 0.356 e. The molecule has 1 N–H and O–H groups in total. The Morgan fingerprint density at radius 3 is 2.65 bits per heavy atom. The molecule has 1 aromatic carbocycles. The van der Waals surface area contributed by atoms with Crippen molar-refractivity contribution in [3.05, 3.63) is 35.4 Å². The Labute approximate surface area is 138 Å². The van der Waals surface area contributed by atoms with E-state index in [2.05, 4.69) is 30.4 Å². The van der Waals surface area contributed by atoms with E-state index in [1.54, 1.807) is 0 Å². The summed E-state index contributed by atoms with van der Waals surface area (Å²) >= 11 is 0. The van der Waals surface area contributed by atoms with E-state index in [4.69, 9.17) is 0 Å². The van der Waals surface area contributed by atoms with Crippen LogP contribution in [-0.4, -0.2) is 29.3 Å². The Balaban J connectivity index is 1.45. The molecule has 0 aliphatic heterocycles. The summed E-state index contributed by atoms with van der Waals surface area (Å²) in [6, 6.07) is 8.79. The Morgan fingerprint density at radius 1 is 1.22 bits per heavy atom. The van der Waals surface area contributed by atoms with E-state index in [1.165, 1.54) is 11.1 Å². The van der Waals surface area contributed by atoms with Gasteiger partial charge >= 0.3 is 0 Å². The molecule has 2 saturated carbocycles. The van der Waals surface area contributed by atoms with Crippen molar-refractivity contribution in [3.63, 3.8) is 0 Å². The van der Waals surface area contributed by atoms with E-state index in [0.29, 0.717) is 25.6 Å². The first-order valence-corrected chi connectivity index (χ1v) is 8.76. The molecule has 0 spiro atoms. The van der Waals surface area contributed by atoms with Gasteiger partial charge in [-0.1, -0.05) is 29.8 Å². The number of amides is 2. The zero-order valence-electron chi connectivity index (χ0n) is 13.9. The molecule has 1 aromatic rings. The molecule has 2 aliphatic rings. The number of hydrogen-bond donors (Lipinski definition) is 1. The lowest BCUT2D eigenvalue weighted by atomic mass is 10.1. The molecule has 0 heterocycles. The van der Waals surface area contributed by atoms with Crippen LogP contribution in [0.25, 0.3) is 0 Å². The van der Waals surface area contributed by atoms with Crippen LogP contribution in [-0.2, 0) is 16.1 Å². The lowest BCUT2D eigenvalue weighted by Gasteiger charge is -2.23. The zero-order valence-corrected chi connectivity index (χ0v) is 13.9. The highest BCUT2D eigenvalue weighted by Gasteiger charge is 2.32. The lowest BCUT2D eigenvalue weighted by Crippen LogP contribution is -2.33. The molecule has 23 heavy (non-hydrogen) atoms. The van der Waals surface area contributed by atoms with Gasteiger partial charge in [0.05, 0.1) is 0 Å². The normalized spacial score (nSPS) is 16.9. The average Bonchev–Trinajstić information content (AvgIpc) is 3.39. The molecule has 2 fully saturated rings. The Hall–Kier alpha value is -1.84. The summed E-state index contributed by atoms with van der Waals surface area (Å²) in [4.78, 5) is 26.1. The van der Waals surface area contributed by atoms with E-state index >= 15 is 0 Å². The molecule has 0 saturated heterocycles. The van der Waals surface area contributed by atoms with Gasteiger partial charge in [0.1, 0.15) is 0 Å². The van der Waals surface area contributed by atoms with Gasteiger partial charge in [-0.2, -0.15) is 0 Å². The second-order valence-electron chi connectivity index (χ2n) is 6.91. The highest BCUT2D eigenvalue weighted by molar-refractivity contribution is 5.81. The molecular weight excluding hydrogens is 288 g/mol. The van der Waals surface area contributed by atoms with Gasteiger partial charge in [-0.25, -0.2) is 0 Å². The van der Waals surface area contributed by atoms with Crippen molar-refractivity contribution < 1.29 is 9.59 Å². The number of aryl methyl sites for hydroxylation is 1. The predicted octanol–water partition coefficient (Wildman–Crippen LogP) is 2.79. The second kappa shape index (κ2) is 7.16. The number of carbonyl (C=O) groups is 2. The van der Waals surface area contributed by atoms with Crippen LogP contribution in [0, 0.1) is 12.8 Å². The quantitative estimate of drug-likeness (QED) is 0.750. The standard InChI is InChI=1S/C19H26N2O2/c1-14-4-2-5-15(12-14)13-21(17-9-10-17)18(22)6-3-11-20-19(23)16-7-8-16/h2,4-5,12,16-17H,3,6-11,13H2,1H3,(H,20,23). The smallest absolute Gasteiger partial charge is 0.223 e. The molecule has 0 bridgehead atoms. The third-order valence-electron chi connectivity index (χ3n) is 4.56. The fourth-order valence-corrected chi connectivity index (χ4v) is 2.90. The van der Waals surface area contributed by atoms with Crippen LogP contribution in [0.1, 0.15) is 49.7 Å². The molecule has 2 amide bonds. The van der Waals surface area contributed by atoms with Crippen LogP contribution in [0.2, 0.25) is 0 Å². The second-order valence-corrected chi connectivity index (χ2v) is 6.91. The minimum Gasteiger partial charge on any atom is -0.356 e. The zero-order chi connectivity index (χ0) is 16.2. The van der Waals surface area contributed by atoms with Gasteiger partial charge in [-0.15, -0.1) is 0 Å². The number of rotatable bonds is 8. The maximum Gasteiger partial charge on any atom is 0.223 e. The summed E-state index contributed by atoms with van der Waals surface area (Å²) in [5, 5.41) is 2.93. The number of nitrogens with zero attached hydrogens (tertiary/aromatic N) is 1. The van der Waals surface area contributed by atoms with Crippen LogP contribution in [0.3, 0.4) is 0 Å². The summed E-state index contributed by atoms with van der Waals surface area (Å²) in [5.74, 6) is 0.626. The van der Waals surface area contributed by atoms with E-state index in [-0.39, 0.29) is 17.7 Å². The van der Waals surface area contributed by atoms with Crippen molar-refractivity contribution in [2.24, 2.45) is 5.92 Å². The number of benzene rings is 1. The molecule has 124 valence electrons. The van der Waals surface area contributed by atoms with Gasteiger partial charge in [0, 0.05) is 31.5 Å². The first-order valence-electron chi connectivity index (χ1n) is 8.76. The number of nitrogens with one attached hydrogen (secondary N) is 1. The molecule has 4 heteroatoms. The van der Waals surface area contributed by atoms with Crippen molar-refractivity contribution in [2.75, 3.05) is 6.54 Å². The fourth-order valence-electron chi connectivity index (χ4n) is 2.90. The first kappa shape index (κ1) is 16.0. The van der Waals surface area contributed by atoms with Crippen molar-refractivity contribution in [1.29, 1.82) is 0 Å². The van der Waals surface area contributed by atoms with Crippen LogP contribution >= 0.6 is 0 Å². The molecule has 3 rings (SSSR count). The van der Waals surface area contributed by atoms with Gasteiger partial charge in [0.15, 0.2) is 0 Å². The van der Waals surface area contributed by atoms with Gasteiger partial charge in [-0.05, 0) is 44.6 Å². The van der Waals surface area contributed by atoms with Gasteiger partial charge in [0.2, 0.25) is 11.8 Å². The minimum atomic E-state index is 0.163. The van der Waals surface area contributed by atoms with Crippen LogP contribution in [0.15, 0.2) is 24.3 Å². The van der Waals surface area contributed by atoms with Crippen molar-refractivity contribution in [2.45, 2.75) is 58.0 Å². The van der Waals surface area contributed by atoms with Crippen LogP contribution in [0.5, 0.6) is 0 Å². The third kappa shape index (κ3) is 4.81. The monoisotopic (exact) mass is 314 g/mol. The summed E-state index contributed by atoms with van der Waals surface area (Å²) in [6.45, 7) is 3.40. The molecule has 0 unspecified atom stereocenters. The molecule has 0 aromatic heterocycles. The Kier molecular flexibility index (Phi) is 4.99. The van der Waals surface area contributed by atoms with E-state index in [1.807, 2.05) is 11.0 Å². The van der Waals surface area contributed by atoms with Gasteiger partial charge in [0.25, 0.3) is 0 Å². The molecule has 4 nitrogen and oxygen atoms in total. The highest BCUT2D eigenvalue weighted by atomic mass is 16.2. The van der Waals surface area contributed by atoms with E-state index < -0.39 is 0 Å². The number of carbonyl (C=O) groups excluding carboxylic acids is 2. The summed E-state index contributed by atoms with van der Waals surface area (Å²) < 4.78 is 0. The molecule has 0 atom stereocenters. The molecule has 2 aliphatic carbocycles. The topological polar surface area (TPSA) is 49.4 Å². The van der Waals surface area contributed by atoms with Crippen LogP contribution < -0.4 is 5.32 Å². The predicted molar refractivity (Wildman–Crippen MR) is 89.7 cm³/mol. The Morgan fingerprint density at radius 2 is 2.00 bits per heavy atom. The highest BCUT2D eigenvalue weighted by Crippen LogP contribution is 2.30. The van der Waals surface area contributed by atoms with E-state index in [0.717, 1.165) is 32.1 Å². The molecule has 0 radical (unpaired) electrons. The minimum absolute atomic E-state index is 0.163. The summed E-state index contributed by atoms with van der Waals surface area (Å²) in [5.41, 5.74) is 2.43. The average molecular weight is 314 g/mol. The summed E-state index contributed by atoms with van der Waals surface area (Å²) in [7, 11) is 0. The van der Waals surface area contributed by atoms with Gasteiger partial charge in [-0.3, -0.25) is 9.59 Å². The van der Waals surface area contributed by atoms with Gasteiger partial charge < -0.3 is 10.2 Å². The van der Waals surface area contributed by atoms with Crippen molar-refractivity contribution in [1.82, 2.24) is 10.2 Å². The third-order valence-corrected chi connectivity index (χ3v) is 4.56. The lowest BCUT2D eigenvalue weighted by molar-refractivity contribution is -0.132.